The summed E-state index contributed by atoms with van der Waals surface area (Å²) in [6.07, 6.45) is 0. The fourth-order valence-electron chi connectivity index (χ4n) is 3.96. The minimum absolute atomic E-state index is 0.122. The number of carbonyl (C=O) groups is 2. The van der Waals surface area contributed by atoms with Crippen molar-refractivity contribution in [1.29, 1.82) is 0 Å². The lowest BCUT2D eigenvalue weighted by Crippen LogP contribution is -2.46. The van der Waals surface area contributed by atoms with Gasteiger partial charge in [0.1, 0.15) is 5.76 Å². The van der Waals surface area contributed by atoms with E-state index in [2.05, 4.69) is 22.0 Å². The number of nitrogens with one attached hydrogen (secondary N) is 1. The van der Waals surface area contributed by atoms with Crippen molar-refractivity contribution in [3.8, 4) is 11.3 Å². The minimum atomic E-state index is -0.476. The number of hydrogen-bond donors (Lipinski definition) is 1. The molecule has 1 aliphatic rings. The Bertz CT molecular complexity index is 1180. The fraction of sp³-hybridized carbons (Fsp3) is 0.280. The van der Waals surface area contributed by atoms with E-state index in [9.17, 15) is 9.59 Å². The lowest BCUT2D eigenvalue weighted by molar-refractivity contribution is 0.0600. The quantitative estimate of drug-likeness (QED) is 0.453. The van der Waals surface area contributed by atoms with E-state index in [1.807, 2.05) is 6.07 Å². The van der Waals surface area contributed by atoms with Gasteiger partial charge in [-0.25, -0.2) is 4.79 Å². The zero-order valence-electron chi connectivity index (χ0n) is 18.9. The van der Waals surface area contributed by atoms with Crippen LogP contribution in [0.5, 0.6) is 0 Å². The molecule has 1 saturated heterocycles. The van der Waals surface area contributed by atoms with Crippen LogP contribution in [0.1, 0.15) is 27.8 Å². The van der Waals surface area contributed by atoms with E-state index in [1.54, 1.807) is 42.5 Å². The summed E-state index contributed by atoms with van der Waals surface area (Å²) in [5.74, 6) is -0.323. The Labute approximate surface area is 208 Å². The van der Waals surface area contributed by atoms with Crippen molar-refractivity contribution in [2.45, 2.75) is 6.92 Å². The van der Waals surface area contributed by atoms with Crippen molar-refractivity contribution in [3.63, 3.8) is 0 Å². The van der Waals surface area contributed by atoms with Crippen molar-refractivity contribution in [3.05, 3.63) is 69.9 Å². The van der Waals surface area contributed by atoms with Gasteiger partial charge in [-0.05, 0) is 55.1 Å². The number of rotatable bonds is 6. The Morgan fingerprint density at radius 1 is 1.00 bits per heavy atom. The summed E-state index contributed by atoms with van der Waals surface area (Å²) in [5, 5.41) is 3.85. The molecule has 1 aliphatic heterocycles. The molecule has 0 unspecified atom stereocenters. The molecule has 2 aromatic carbocycles. The summed E-state index contributed by atoms with van der Waals surface area (Å²) < 4.78 is 10.6. The largest absolute Gasteiger partial charge is 0.465 e. The number of anilines is 2. The summed E-state index contributed by atoms with van der Waals surface area (Å²) in [7, 11) is 1.32. The number of furan rings is 1. The predicted octanol–water partition coefficient (Wildman–Crippen LogP) is 5.43. The number of piperazine rings is 1. The molecule has 4 rings (SSSR count). The molecule has 3 aromatic rings. The Balaban J connectivity index is 1.60. The van der Waals surface area contributed by atoms with E-state index in [4.69, 9.17) is 32.4 Å². The van der Waals surface area contributed by atoms with Crippen LogP contribution in [0.15, 0.2) is 52.9 Å². The third-order valence-electron chi connectivity index (χ3n) is 5.80. The van der Waals surface area contributed by atoms with E-state index in [0.29, 0.717) is 32.6 Å². The van der Waals surface area contributed by atoms with Crippen molar-refractivity contribution in [1.82, 2.24) is 4.90 Å². The molecule has 0 spiro atoms. The second-order valence-corrected chi connectivity index (χ2v) is 8.79. The highest BCUT2D eigenvalue weighted by Gasteiger charge is 2.22. The third kappa shape index (κ3) is 5.38. The van der Waals surface area contributed by atoms with Gasteiger partial charge >= 0.3 is 5.97 Å². The molecule has 2 heterocycles. The van der Waals surface area contributed by atoms with E-state index in [0.717, 1.165) is 38.4 Å². The number of carbonyl (C=O) groups excluding carboxylic acids is 2. The SMILES string of the molecule is CCN1CCN(c2ccc(C(=O)OC)cc2NC(=O)c2ccc(-c3cc(Cl)cc(Cl)c3)o2)CC1. The molecule has 1 N–H and O–H groups in total. The first kappa shape index (κ1) is 24.1. The van der Waals surface area contributed by atoms with Crippen LogP contribution in [-0.2, 0) is 4.74 Å². The van der Waals surface area contributed by atoms with E-state index < -0.39 is 11.9 Å². The van der Waals surface area contributed by atoms with Gasteiger partial charge in [0, 0.05) is 41.8 Å². The van der Waals surface area contributed by atoms with Gasteiger partial charge in [0.15, 0.2) is 5.76 Å². The zero-order valence-corrected chi connectivity index (χ0v) is 20.4. The van der Waals surface area contributed by atoms with Gasteiger partial charge in [-0.1, -0.05) is 30.1 Å². The highest BCUT2D eigenvalue weighted by atomic mass is 35.5. The van der Waals surface area contributed by atoms with Crippen molar-refractivity contribution < 1.29 is 18.7 Å². The first-order valence-corrected chi connectivity index (χ1v) is 11.7. The molecule has 7 nitrogen and oxygen atoms in total. The van der Waals surface area contributed by atoms with Crippen LogP contribution in [0.4, 0.5) is 11.4 Å². The number of benzene rings is 2. The summed E-state index contributed by atoms with van der Waals surface area (Å²) >= 11 is 12.2. The summed E-state index contributed by atoms with van der Waals surface area (Å²) in [6, 6.07) is 13.5. The molecule has 178 valence electrons. The molecule has 0 aliphatic carbocycles. The van der Waals surface area contributed by atoms with Gasteiger partial charge in [-0.3, -0.25) is 4.79 Å². The van der Waals surface area contributed by atoms with Gasteiger partial charge in [0.25, 0.3) is 5.91 Å². The number of methoxy groups -OCH3 is 1. The number of hydrogen-bond acceptors (Lipinski definition) is 6. The smallest absolute Gasteiger partial charge is 0.337 e. The topological polar surface area (TPSA) is 75.0 Å². The molecule has 0 atom stereocenters. The molecule has 9 heteroatoms. The summed E-state index contributed by atoms with van der Waals surface area (Å²) in [4.78, 5) is 29.8. The van der Waals surface area contributed by atoms with Gasteiger partial charge < -0.3 is 24.3 Å². The second-order valence-electron chi connectivity index (χ2n) is 7.92. The number of halogens is 2. The third-order valence-corrected chi connectivity index (χ3v) is 6.24. The average molecular weight is 502 g/mol. The Morgan fingerprint density at radius 3 is 2.35 bits per heavy atom. The van der Waals surface area contributed by atoms with Crippen LogP contribution in [0.25, 0.3) is 11.3 Å². The van der Waals surface area contributed by atoms with Crippen LogP contribution >= 0.6 is 23.2 Å². The Hall–Kier alpha value is -3.00. The Morgan fingerprint density at radius 2 is 1.71 bits per heavy atom. The van der Waals surface area contributed by atoms with E-state index in [-0.39, 0.29) is 5.76 Å². The zero-order chi connectivity index (χ0) is 24.2. The molecular weight excluding hydrogens is 477 g/mol. The molecule has 1 amide bonds. The number of amides is 1. The number of likely N-dealkylation sites (N-methyl/N-ethyl adjacent to an activating group) is 1. The number of nitrogens with zero attached hydrogens (tertiary/aromatic N) is 2. The average Bonchev–Trinajstić information content (AvgIpc) is 3.34. The maximum Gasteiger partial charge on any atom is 0.337 e. The minimum Gasteiger partial charge on any atom is -0.465 e. The maximum absolute atomic E-state index is 13.1. The standard InChI is InChI=1S/C25H25Cl2N3O4/c1-3-29-8-10-30(11-9-29)21-5-4-16(25(32)33-2)14-20(21)28-24(31)23-7-6-22(34-23)17-12-18(26)15-19(27)13-17/h4-7,12-15H,3,8-11H2,1-2H3,(H,28,31). The first-order valence-electron chi connectivity index (χ1n) is 10.9. The molecule has 0 radical (unpaired) electrons. The molecule has 0 saturated carbocycles. The molecule has 34 heavy (non-hydrogen) atoms. The highest BCUT2D eigenvalue weighted by molar-refractivity contribution is 6.35. The monoisotopic (exact) mass is 501 g/mol. The predicted molar refractivity (Wildman–Crippen MR) is 134 cm³/mol. The van der Waals surface area contributed by atoms with Crippen molar-refractivity contribution >= 4 is 46.5 Å². The van der Waals surface area contributed by atoms with Crippen LogP contribution in [-0.4, -0.2) is 56.6 Å². The van der Waals surface area contributed by atoms with Crippen LogP contribution in [0.3, 0.4) is 0 Å². The second kappa shape index (κ2) is 10.5. The van der Waals surface area contributed by atoms with E-state index >= 15 is 0 Å². The highest BCUT2D eigenvalue weighted by Crippen LogP contribution is 2.31. The maximum atomic E-state index is 13.1. The molecule has 1 fully saturated rings. The van der Waals surface area contributed by atoms with Crippen molar-refractivity contribution in [2.75, 3.05) is 50.1 Å². The first-order chi connectivity index (χ1) is 16.4. The van der Waals surface area contributed by atoms with Gasteiger partial charge in [-0.15, -0.1) is 0 Å². The lowest BCUT2D eigenvalue weighted by Gasteiger charge is -2.36. The van der Waals surface area contributed by atoms with Gasteiger partial charge in [-0.2, -0.15) is 0 Å². The van der Waals surface area contributed by atoms with E-state index in [1.165, 1.54) is 7.11 Å². The van der Waals surface area contributed by atoms with Crippen molar-refractivity contribution in [2.24, 2.45) is 0 Å². The summed E-state index contributed by atoms with van der Waals surface area (Å²) in [6.45, 7) is 6.61. The number of ether oxygens (including phenoxy) is 1. The van der Waals surface area contributed by atoms with Gasteiger partial charge in [0.05, 0.1) is 24.0 Å². The molecule has 1 aromatic heterocycles. The normalized spacial score (nSPS) is 14.2. The number of esters is 1. The van der Waals surface area contributed by atoms with Crippen LogP contribution in [0, 0.1) is 0 Å². The molecule has 0 bridgehead atoms. The van der Waals surface area contributed by atoms with Gasteiger partial charge in [0.2, 0.25) is 0 Å². The molecular formula is C25H25Cl2N3O4. The Kier molecular flexibility index (Phi) is 7.46. The lowest BCUT2D eigenvalue weighted by atomic mass is 10.1. The summed E-state index contributed by atoms with van der Waals surface area (Å²) in [5.41, 5.74) is 2.37. The fourth-order valence-corrected chi connectivity index (χ4v) is 4.48. The van der Waals surface area contributed by atoms with Crippen LogP contribution in [0.2, 0.25) is 10.0 Å². The van der Waals surface area contributed by atoms with Crippen LogP contribution < -0.4 is 10.2 Å².